The molecule has 0 unspecified atom stereocenters. The fourth-order valence-electron chi connectivity index (χ4n) is 5.19. The Bertz CT molecular complexity index is 1680. The first kappa shape index (κ1) is 22.2. The summed E-state index contributed by atoms with van der Waals surface area (Å²) in [5, 5.41) is 7.15. The monoisotopic (exact) mass is 472 g/mol. The van der Waals surface area contributed by atoms with Crippen LogP contribution in [0.3, 0.4) is 0 Å². The van der Waals surface area contributed by atoms with Crippen LogP contribution in [0, 0.1) is 34.6 Å². The van der Waals surface area contributed by atoms with Crippen LogP contribution < -0.4 is 4.90 Å². The zero-order valence-electron chi connectivity index (χ0n) is 21.3. The van der Waals surface area contributed by atoms with Crippen molar-refractivity contribution in [3.8, 4) is 16.8 Å². The third-order valence-electron chi connectivity index (χ3n) is 7.42. The Labute approximate surface area is 211 Å². The Balaban J connectivity index is 1.39. The minimum Gasteiger partial charge on any atom is -0.287 e. The zero-order chi connectivity index (χ0) is 25.1. The van der Waals surface area contributed by atoms with Gasteiger partial charge in [0, 0.05) is 17.3 Å². The third kappa shape index (κ3) is 3.42. The number of carbonyl (C=O) groups excluding carboxylic acids is 1. The first-order chi connectivity index (χ1) is 17.3. The molecular weight excluding hydrogens is 444 g/mol. The molecule has 178 valence electrons. The van der Waals surface area contributed by atoms with Crippen LogP contribution >= 0.6 is 0 Å². The summed E-state index contributed by atoms with van der Waals surface area (Å²) in [5.41, 5.74) is 10.4. The van der Waals surface area contributed by atoms with Gasteiger partial charge < -0.3 is 0 Å². The van der Waals surface area contributed by atoms with Gasteiger partial charge in [0.1, 0.15) is 11.5 Å². The molecular formula is C31H28N4O. The van der Waals surface area contributed by atoms with Crippen molar-refractivity contribution in [1.29, 1.82) is 0 Å². The maximum Gasteiger partial charge on any atom is 0.278 e. The van der Waals surface area contributed by atoms with E-state index < -0.39 is 0 Å². The smallest absolute Gasteiger partial charge is 0.278 e. The fraction of sp³-hybridized carbons (Fsp3) is 0.194. The van der Waals surface area contributed by atoms with Gasteiger partial charge in [-0.1, -0.05) is 36.4 Å². The number of nitrogens with zero attached hydrogens (tertiary/aromatic N) is 4. The van der Waals surface area contributed by atoms with Crippen LogP contribution in [0.1, 0.15) is 44.0 Å². The molecule has 5 nitrogen and oxygen atoms in total. The first-order valence-electron chi connectivity index (χ1n) is 12.3. The van der Waals surface area contributed by atoms with Gasteiger partial charge in [0.2, 0.25) is 0 Å². The largest absolute Gasteiger partial charge is 0.287 e. The summed E-state index contributed by atoms with van der Waals surface area (Å²) in [6, 6.07) is 21.0. The minimum absolute atomic E-state index is 0.0682. The molecule has 5 aromatic rings. The van der Waals surface area contributed by atoms with E-state index >= 15 is 0 Å². The van der Waals surface area contributed by atoms with Crippen molar-refractivity contribution in [2.24, 2.45) is 0 Å². The Morgan fingerprint density at radius 1 is 0.778 bits per heavy atom. The van der Waals surface area contributed by atoms with Gasteiger partial charge in [-0.25, -0.2) is 9.67 Å². The van der Waals surface area contributed by atoms with E-state index in [4.69, 9.17) is 5.10 Å². The highest BCUT2D eigenvalue weighted by atomic mass is 16.2. The summed E-state index contributed by atoms with van der Waals surface area (Å²) in [6.07, 6.45) is 1.85. The molecule has 0 N–H and O–H groups in total. The van der Waals surface area contributed by atoms with E-state index in [1.165, 1.54) is 22.1 Å². The van der Waals surface area contributed by atoms with E-state index in [-0.39, 0.29) is 5.91 Å². The van der Waals surface area contributed by atoms with E-state index in [1.54, 1.807) is 4.90 Å². The minimum atomic E-state index is -0.0682. The van der Waals surface area contributed by atoms with E-state index in [0.717, 1.165) is 39.0 Å². The first-order valence-corrected chi connectivity index (χ1v) is 12.3. The summed E-state index contributed by atoms with van der Waals surface area (Å²) in [4.78, 5) is 20.1. The number of anilines is 1. The van der Waals surface area contributed by atoms with Gasteiger partial charge in [0.05, 0.1) is 17.9 Å². The number of rotatable bonds is 3. The average Bonchev–Trinajstić information content (AvgIpc) is 3.37. The van der Waals surface area contributed by atoms with Gasteiger partial charge in [-0.2, -0.15) is 5.10 Å². The maximum absolute atomic E-state index is 13.7. The van der Waals surface area contributed by atoms with Crippen molar-refractivity contribution < 1.29 is 4.79 Å². The maximum atomic E-state index is 13.7. The molecule has 0 atom stereocenters. The summed E-state index contributed by atoms with van der Waals surface area (Å²) < 4.78 is 1.83. The lowest BCUT2D eigenvalue weighted by Gasteiger charge is -2.17. The SMILES string of the molecule is Cc1cc2cc(C)c(-n3nc(C)c4c3C(=O)N(c3ccc(-c5ccccc5C)cn3)C4)cc2cc1C. The van der Waals surface area contributed by atoms with Crippen LogP contribution in [0.2, 0.25) is 0 Å². The van der Waals surface area contributed by atoms with Crippen molar-refractivity contribution in [2.75, 3.05) is 4.90 Å². The normalized spacial score (nSPS) is 13.0. The molecule has 0 aliphatic carbocycles. The number of carbonyl (C=O) groups is 1. The summed E-state index contributed by atoms with van der Waals surface area (Å²) in [5.74, 6) is 0.585. The quantitative estimate of drug-likeness (QED) is 0.290. The predicted octanol–water partition coefficient (Wildman–Crippen LogP) is 6.79. The number of amides is 1. The molecule has 3 aromatic carbocycles. The molecule has 3 heterocycles. The second kappa shape index (κ2) is 8.16. The molecule has 36 heavy (non-hydrogen) atoms. The number of pyridine rings is 1. The van der Waals surface area contributed by atoms with Crippen LogP contribution in [0.25, 0.3) is 27.6 Å². The lowest BCUT2D eigenvalue weighted by atomic mass is 10.00. The van der Waals surface area contributed by atoms with Crippen molar-refractivity contribution >= 4 is 22.5 Å². The zero-order valence-corrected chi connectivity index (χ0v) is 21.3. The summed E-state index contributed by atoms with van der Waals surface area (Å²) in [6.45, 7) is 10.9. The lowest BCUT2D eigenvalue weighted by molar-refractivity contribution is 0.0988. The molecule has 0 radical (unpaired) electrons. The van der Waals surface area contributed by atoms with Crippen molar-refractivity contribution in [2.45, 2.75) is 41.2 Å². The van der Waals surface area contributed by atoms with E-state index in [9.17, 15) is 4.79 Å². The molecule has 0 saturated heterocycles. The summed E-state index contributed by atoms with van der Waals surface area (Å²) >= 11 is 0. The van der Waals surface area contributed by atoms with Crippen molar-refractivity contribution in [1.82, 2.24) is 14.8 Å². The number of benzene rings is 3. The molecule has 2 aromatic heterocycles. The molecule has 6 rings (SSSR count). The molecule has 1 aliphatic heterocycles. The number of hydrogen-bond acceptors (Lipinski definition) is 3. The average molecular weight is 473 g/mol. The van der Waals surface area contributed by atoms with Crippen LogP contribution in [0.15, 0.2) is 66.9 Å². The summed E-state index contributed by atoms with van der Waals surface area (Å²) in [7, 11) is 0. The standard InChI is InChI=1S/C31H28N4O/c1-18-8-6-7-9-26(18)23-10-11-29(32-16-23)34-17-27-22(5)33-35(30(27)31(34)36)28-15-25-13-20(3)19(2)12-24(25)14-21(28)4/h6-16H,17H2,1-5H3. The molecule has 1 aliphatic rings. The topological polar surface area (TPSA) is 51.0 Å². The van der Waals surface area contributed by atoms with Crippen molar-refractivity contribution in [3.63, 3.8) is 0 Å². The van der Waals surface area contributed by atoms with Gasteiger partial charge in [-0.15, -0.1) is 0 Å². The molecule has 1 amide bonds. The second-order valence-corrected chi connectivity index (χ2v) is 9.86. The number of hydrogen-bond donors (Lipinski definition) is 0. The van der Waals surface area contributed by atoms with E-state index in [1.807, 2.05) is 42.1 Å². The highest BCUT2D eigenvalue weighted by molar-refractivity contribution is 6.09. The number of fused-ring (bicyclic) bond motifs is 2. The van der Waals surface area contributed by atoms with Gasteiger partial charge in [-0.05, 0) is 97.5 Å². The Morgan fingerprint density at radius 2 is 1.47 bits per heavy atom. The lowest BCUT2D eigenvalue weighted by Crippen LogP contribution is -2.26. The van der Waals surface area contributed by atoms with Crippen molar-refractivity contribution in [3.05, 3.63) is 106 Å². The number of aryl methyl sites for hydroxylation is 5. The molecule has 0 saturated carbocycles. The van der Waals surface area contributed by atoms with Crippen LogP contribution in [0.5, 0.6) is 0 Å². The Hall–Kier alpha value is -4.25. The van der Waals surface area contributed by atoms with E-state index in [0.29, 0.717) is 18.1 Å². The molecule has 0 spiro atoms. The third-order valence-corrected chi connectivity index (χ3v) is 7.42. The predicted molar refractivity (Wildman–Crippen MR) is 145 cm³/mol. The Kier molecular flexibility index (Phi) is 5.04. The van der Waals surface area contributed by atoms with Gasteiger partial charge >= 0.3 is 0 Å². The van der Waals surface area contributed by atoms with Gasteiger partial charge in [0.15, 0.2) is 0 Å². The second-order valence-electron chi connectivity index (χ2n) is 9.86. The van der Waals surface area contributed by atoms with Gasteiger partial charge in [0.25, 0.3) is 5.91 Å². The van der Waals surface area contributed by atoms with Crippen LogP contribution in [-0.2, 0) is 6.54 Å². The molecule has 0 bridgehead atoms. The highest BCUT2D eigenvalue weighted by Crippen LogP contribution is 2.34. The van der Waals surface area contributed by atoms with Crippen LogP contribution in [0.4, 0.5) is 5.82 Å². The van der Waals surface area contributed by atoms with Gasteiger partial charge in [-0.3, -0.25) is 9.69 Å². The van der Waals surface area contributed by atoms with Crippen LogP contribution in [-0.4, -0.2) is 20.7 Å². The number of aromatic nitrogens is 3. The fourth-order valence-corrected chi connectivity index (χ4v) is 5.19. The molecule has 0 fully saturated rings. The van der Waals surface area contributed by atoms with E-state index in [2.05, 4.69) is 69.1 Å². The Morgan fingerprint density at radius 3 is 2.17 bits per heavy atom. The molecule has 5 heteroatoms. The highest BCUT2D eigenvalue weighted by Gasteiger charge is 2.36.